The third-order valence-corrected chi connectivity index (χ3v) is 3.66. The molecular formula is C10H9NO4S. The second kappa shape index (κ2) is 4.77. The lowest BCUT2D eigenvalue weighted by Gasteiger charge is -2.02. The number of benzene rings is 1. The molecule has 5 nitrogen and oxygen atoms in total. The number of sulfone groups is 1. The predicted molar refractivity (Wildman–Crippen MR) is 55.5 cm³/mol. The largest absolute Gasteiger partial charge is 0.481 e. The Kier molecular flexibility index (Phi) is 3.64. The topological polar surface area (TPSA) is 95.2 Å². The summed E-state index contributed by atoms with van der Waals surface area (Å²) >= 11 is 0. The van der Waals surface area contributed by atoms with Gasteiger partial charge in [-0.05, 0) is 24.3 Å². The number of hydrogen-bond donors (Lipinski definition) is 1. The van der Waals surface area contributed by atoms with Crippen molar-refractivity contribution in [2.45, 2.75) is 11.3 Å². The molecule has 0 aliphatic heterocycles. The maximum atomic E-state index is 11.6. The Bertz CT molecular complexity index is 525. The fourth-order valence-electron chi connectivity index (χ4n) is 1.08. The summed E-state index contributed by atoms with van der Waals surface area (Å²) in [6.07, 6.45) is -0.428. The minimum Gasteiger partial charge on any atom is -0.481 e. The first-order valence-electron chi connectivity index (χ1n) is 4.40. The summed E-state index contributed by atoms with van der Waals surface area (Å²) in [7, 11) is -3.57. The number of nitriles is 1. The van der Waals surface area contributed by atoms with E-state index in [1.54, 1.807) is 0 Å². The number of carboxylic acids is 1. The van der Waals surface area contributed by atoms with Crippen LogP contribution in [0, 0.1) is 11.3 Å². The van der Waals surface area contributed by atoms with Gasteiger partial charge in [0.25, 0.3) is 0 Å². The Morgan fingerprint density at radius 1 is 1.31 bits per heavy atom. The Morgan fingerprint density at radius 3 is 2.31 bits per heavy atom. The first-order valence-corrected chi connectivity index (χ1v) is 6.05. The van der Waals surface area contributed by atoms with Crippen LogP contribution in [-0.4, -0.2) is 25.2 Å². The smallest absolute Gasteiger partial charge is 0.304 e. The number of nitrogens with zero attached hydrogens (tertiary/aromatic N) is 1. The average molecular weight is 239 g/mol. The fraction of sp³-hybridized carbons (Fsp3) is 0.200. The van der Waals surface area contributed by atoms with E-state index >= 15 is 0 Å². The maximum absolute atomic E-state index is 11.6. The molecule has 1 rings (SSSR count). The number of aliphatic carboxylic acids is 1. The molecular weight excluding hydrogens is 230 g/mol. The maximum Gasteiger partial charge on any atom is 0.304 e. The van der Waals surface area contributed by atoms with Gasteiger partial charge >= 0.3 is 5.97 Å². The highest BCUT2D eigenvalue weighted by Crippen LogP contribution is 2.12. The van der Waals surface area contributed by atoms with E-state index in [0.29, 0.717) is 5.56 Å². The predicted octanol–water partition coefficient (Wildman–Crippen LogP) is 0.807. The van der Waals surface area contributed by atoms with Crippen LogP contribution in [-0.2, 0) is 14.6 Å². The molecule has 0 fully saturated rings. The van der Waals surface area contributed by atoms with Gasteiger partial charge in [-0.3, -0.25) is 4.79 Å². The standard InChI is InChI=1S/C10H9NO4S/c11-7-8-1-3-9(4-2-8)16(14,15)6-5-10(12)13/h1-4H,5-6H2,(H,12,13). The first kappa shape index (κ1) is 12.2. The number of rotatable bonds is 4. The average Bonchev–Trinajstić information content (AvgIpc) is 2.27. The van der Waals surface area contributed by atoms with Crippen LogP contribution in [0.25, 0.3) is 0 Å². The van der Waals surface area contributed by atoms with Crippen LogP contribution in [0.3, 0.4) is 0 Å². The van der Waals surface area contributed by atoms with Crippen molar-refractivity contribution in [3.63, 3.8) is 0 Å². The van der Waals surface area contributed by atoms with Crippen molar-refractivity contribution in [3.8, 4) is 6.07 Å². The molecule has 0 aliphatic rings. The van der Waals surface area contributed by atoms with Gasteiger partial charge in [0.2, 0.25) is 0 Å². The number of carbonyl (C=O) groups is 1. The van der Waals surface area contributed by atoms with E-state index in [1.165, 1.54) is 24.3 Å². The summed E-state index contributed by atoms with van der Waals surface area (Å²) in [5, 5.41) is 16.9. The molecule has 0 atom stereocenters. The van der Waals surface area contributed by atoms with Crippen LogP contribution in [0.1, 0.15) is 12.0 Å². The Hall–Kier alpha value is -1.87. The molecule has 0 saturated carbocycles. The van der Waals surface area contributed by atoms with Gasteiger partial charge < -0.3 is 5.11 Å². The zero-order chi connectivity index (χ0) is 12.2. The molecule has 0 unspecified atom stereocenters. The monoisotopic (exact) mass is 239 g/mol. The van der Waals surface area contributed by atoms with Gasteiger partial charge in [0, 0.05) is 0 Å². The van der Waals surface area contributed by atoms with Crippen LogP contribution in [0.15, 0.2) is 29.2 Å². The summed E-state index contributed by atoms with van der Waals surface area (Å²) in [4.78, 5) is 10.3. The SMILES string of the molecule is N#Cc1ccc(S(=O)(=O)CCC(=O)O)cc1. The molecule has 16 heavy (non-hydrogen) atoms. The third kappa shape index (κ3) is 3.07. The normalized spacial score (nSPS) is 10.7. The Balaban J connectivity index is 2.91. The van der Waals surface area contributed by atoms with Crippen molar-refractivity contribution >= 4 is 15.8 Å². The molecule has 0 heterocycles. The second-order valence-corrected chi connectivity index (χ2v) is 5.21. The van der Waals surface area contributed by atoms with Gasteiger partial charge in [-0.2, -0.15) is 5.26 Å². The van der Waals surface area contributed by atoms with Crippen molar-refractivity contribution in [2.24, 2.45) is 0 Å². The molecule has 0 aromatic heterocycles. The van der Waals surface area contributed by atoms with Crippen LogP contribution in [0.5, 0.6) is 0 Å². The van der Waals surface area contributed by atoms with Crippen molar-refractivity contribution in [2.75, 3.05) is 5.75 Å². The fourth-order valence-corrected chi connectivity index (χ4v) is 2.31. The van der Waals surface area contributed by atoms with Crippen molar-refractivity contribution in [3.05, 3.63) is 29.8 Å². The van der Waals surface area contributed by atoms with E-state index in [0.717, 1.165) is 0 Å². The van der Waals surface area contributed by atoms with E-state index in [4.69, 9.17) is 10.4 Å². The first-order chi connectivity index (χ1) is 7.45. The molecule has 1 aromatic carbocycles. The lowest BCUT2D eigenvalue weighted by molar-refractivity contribution is -0.136. The van der Waals surface area contributed by atoms with E-state index in [1.807, 2.05) is 6.07 Å². The summed E-state index contributed by atoms with van der Waals surface area (Å²) in [6, 6.07) is 7.23. The number of carboxylic acid groups (broad SMARTS) is 1. The highest BCUT2D eigenvalue weighted by Gasteiger charge is 2.15. The van der Waals surface area contributed by atoms with Gasteiger partial charge in [-0.25, -0.2) is 8.42 Å². The highest BCUT2D eigenvalue weighted by atomic mass is 32.2. The Morgan fingerprint density at radius 2 is 1.88 bits per heavy atom. The lowest BCUT2D eigenvalue weighted by Crippen LogP contribution is -2.10. The molecule has 0 aliphatic carbocycles. The molecule has 1 aromatic rings. The quantitative estimate of drug-likeness (QED) is 0.838. The molecule has 0 radical (unpaired) electrons. The molecule has 1 N–H and O–H groups in total. The van der Waals surface area contributed by atoms with Crippen molar-refractivity contribution in [1.82, 2.24) is 0 Å². The number of hydrogen-bond acceptors (Lipinski definition) is 4. The molecule has 0 saturated heterocycles. The van der Waals surface area contributed by atoms with E-state index in [9.17, 15) is 13.2 Å². The Labute approximate surface area is 92.9 Å². The molecule has 0 amide bonds. The summed E-state index contributed by atoms with van der Waals surface area (Å²) < 4.78 is 23.2. The van der Waals surface area contributed by atoms with Crippen LogP contribution < -0.4 is 0 Å². The van der Waals surface area contributed by atoms with Crippen molar-refractivity contribution < 1.29 is 18.3 Å². The summed E-state index contributed by atoms with van der Waals surface area (Å²) in [5.41, 5.74) is 0.359. The van der Waals surface area contributed by atoms with Gasteiger partial charge in [-0.15, -0.1) is 0 Å². The summed E-state index contributed by atoms with van der Waals surface area (Å²) in [5.74, 6) is -1.59. The lowest BCUT2D eigenvalue weighted by atomic mass is 10.2. The summed E-state index contributed by atoms with van der Waals surface area (Å²) in [6.45, 7) is 0. The van der Waals surface area contributed by atoms with E-state index in [2.05, 4.69) is 0 Å². The van der Waals surface area contributed by atoms with Gasteiger partial charge in [-0.1, -0.05) is 0 Å². The molecule has 0 spiro atoms. The minimum atomic E-state index is -3.57. The van der Waals surface area contributed by atoms with Crippen LogP contribution >= 0.6 is 0 Å². The highest BCUT2D eigenvalue weighted by molar-refractivity contribution is 7.91. The van der Waals surface area contributed by atoms with E-state index < -0.39 is 28.0 Å². The molecule has 84 valence electrons. The van der Waals surface area contributed by atoms with Gasteiger partial charge in [0.15, 0.2) is 9.84 Å². The molecule has 0 bridgehead atoms. The molecule has 6 heteroatoms. The minimum absolute atomic E-state index is 0.0350. The van der Waals surface area contributed by atoms with Gasteiger partial charge in [0.1, 0.15) is 0 Å². The third-order valence-electron chi connectivity index (χ3n) is 1.93. The zero-order valence-corrected chi connectivity index (χ0v) is 9.07. The zero-order valence-electron chi connectivity index (χ0n) is 8.25. The second-order valence-electron chi connectivity index (χ2n) is 3.10. The van der Waals surface area contributed by atoms with E-state index in [-0.39, 0.29) is 4.90 Å². The van der Waals surface area contributed by atoms with Crippen LogP contribution in [0.2, 0.25) is 0 Å². The van der Waals surface area contributed by atoms with Gasteiger partial charge in [0.05, 0.1) is 28.7 Å². The van der Waals surface area contributed by atoms with Crippen LogP contribution in [0.4, 0.5) is 0 Å². The van der Waals surface area contributed by atoms with Crippen molar-refractivity contribution in [1.29, 1.82) is 5.26 Å².